The molecule has 0 aromatic carbocycles. The maximum Gasteiger partial charge on any atom is 0.406 e. The molecule has 1 N–H and O–H groups in total. The predicted molar refractivity (Wildman–Crippen MR) is 54.2 cm³/mol. The van der Waals surface area contributed by atoms with Crippen LogP contribution in [0.15, 0.2) is 18.3 Å². The average molecular weight is 262 g/mol. The first-order valence-electron chi connectivity index (χ1n) is 4.72. The second kappa shape index (κ2) is 5.03. The minimum Gasteiger partial charge on any atom is -0.478 e. The van der Waals surface area contributed by atoms with Crippen LogP contribution in [0, 0.1) is 0 Å². The molecule has 1 rings (SSSR count). The molecule has 8 heteroatoms. The van der Waals surface area contributed by atoms with Crippen molar-refractivity contribution in [2.75, 3.05) is 13.6 Å². The van der Waals surface area contributed by atoms with E-state index in [1.807, 2.05) is 0 Å². The highest BCUT2D eigenvalue weighted by Gasteiger charge is 2.31. The van der Waals surface area contributed by atoms with Crippen molar-refractivity contribution in [1.82, 2.24) is 9.88 Å². The summed E-state index contributed by atoms with van der Waals surface area (Å²) in [6.45, 7) is -1.39. The molecule has 0 aliphatic rings. The fourth-order valence-electron chi connectivity index (χ4n) is 1.18. The molecule has 1 amide bonds. The number of carboxylic acids is 1. The quantitative estimate of drug-likeness (QED) is 0.894. The minimum absolute atomic E-state index is 0.148. The Bertz CT molecular complexity index is 456. The van der Waals surface area contributed by atoms with Crippen LogP contribution < -0.4 is 0 Å². The van der Waals surface area contributed by atoms with Crippen LogP contribution in [0.5, 0.6) is 0 Å². The molecule has 1 aromatic heterocycles. The SMILES string of the molecule is CN(CC(F)(F)F)C(=O)c1ccc(C(=O)O)cn1. The summed E-state index contributed by atoms with van der Waals surface area (Å²) in [5, 5.41) is 8.59. The van der Waals surface area contributed by atoms with Crippen molar-refractivity contribution in [3.63, 3.8) is 0 Å². The van der Waals surface area contributed by atoms with Crippen molar-refractivity contribution in [2.45, 2.75) is 6.18 Å². The van der Waals surface area contributed by atoms with E-state index >= 15 is 0 Å². The fourth-order valence-corrected chi connectivity index (χ4v) is 1.18. The zero-order valence-corrected chi connectivity index (χ0v) is 9.23. The van der Waals surface area contributed by atoms with Crippen LogP contribution in [0.4, 0.5) is 13.2 Å². The van der Waals surface area contributed by atoms with Crippen molar-refractivity contribution in [3.05, 3.63) is 29.6 Å². The normalized spacial score (nSPS) is 11.1. The van der Waals surface area contributed by atoms with Gasteiger partial charge in [0.2, 0.25) is 0 Å². The second-order valence-corrected chi connectivity index (χ2v) is 3.51. The number of pyridine rings is 1. The van der Waals surface area contributed by atoms with Crippen LogP contribution in [0.3, 0.4) is 0 Å². The highest BCUT2D eigenvalue weighted by atomic mass is 19.4. The lowest BCUT2D eigenvalue weighted by molar-refractivity contribution is -0.138. The van der Waals surface area contributed by atoms with Crippen molar-refractivity contribution < 1.29 is 27.9 Å². The first-order chi connectivity index (χ1) is 8.20. The Hall–Kier alpha value is -2.12. The van der Waals surface area contributed by atoms with Gasteiger partial charge < -0.3 is 10.0 Å². The van der Waals surface area contributed by atoms with Crippen molar-refractivity contribution >= 4 is 11.9 Å². The third-order valence-corrected chi connectivity index (χ3v) is 1.99. The lowest BCUT2D eigenvalue weighted by atomic mass is 10.2. The maximum absolute atomic E-state index is 12.1. The van der Waals surface area contributed by atoms with Crippen molar-refractivity contribution in [1.29, 1.82) is 0 Å². The van der Waals surface area contributed by atoms with Crippen LogP contribution >= 0.6 is 0 Å². The van der Waals surface area contributed by atoms with E-state index in [4.69, 9.17) is 5.11 Å². The Kier molecular flexibility index (Phi) is 3.89. The zero-order chi connectivity index (χ0) is 13.9. The van der Waals surface area contributed by atoms with Crippen LogP contribution in [0.1, 0.15) is 20.8 Å². The first-order valence-corrected chi connectivity index (χ1v) is 4.72. The number of halogens is 3. The van der Waals surface area contributed by atoms with Crippen molar-refractivity contribution in [3.8, 4) is 0 Å². The molecule has 1 aromatic rings. The topological polar surface area (TPSA) is 70.5 Å². The van der Waals surface area contributed by atoms with Gasteiger partial charge in [-0.05, 0) is 12.1 Å². The van der Waals surface area contributed by atoms with Gasteiger partial charge >= 0.3 is 12.1 Å². The highest BCUT2D eigenvalue weighted by molar-refractivity contribution is 5.93. The second-order valence-electron chi connectivity index (χ2n) is 3.51. The molecule has 0 saturated carbocycles. The molecule has 0 aliphatic heterocycles. The number of carbonyl (C=O) groups excluding carboxylic acids is 1. The van der Waals surface area contributed by atoms with E-state index in [2.05, 4.69) is 4.98 Å². The number of aromatic nitrogens is 1. The van der Waals surface area contributed by atoms with E-state index in [0.29, 0.717) is 4.90 Å². The molecule has 0 unspecified atom stereocenters. The summed E-state index contributed by atoms with van der Waals surface area (Å²) in [7, 11) is 0.989. The summed E-state index contributed by atoms with van der Waals surface area (Å²) in [4.78, 5) is 26.0. The van der Waals surface area contributed by atoms with E-state index in [0.717, 1.165) is 25.4 Å². The number of aromatic carboxylic acids is 1. The molecule has 0 radical (unpaired) electrons. The molecule has 0 saturated heterocycles. The van der Waals surface area contributed by atoms with Crippen LogP contribution in [-0.4, -0.2) is 46.6 Å². The summed E-state index contributed by atoms with van der Waals surface area (Å²) in [6.07, 6.45) is -3.58. The molecular weight excluding hydrogens is 253 g/mol. The van der Waals surface area contributed by atoms with Crippen LogP contribution in [-0.2, 0) is 0 Å². The van der Waals surface area contributed by atoms with E-state index in [1.54, 1.807) is 0 Å². The van der Waals surface area contributed by atoms with Gasteiger partial charge in [0.1, 0.15) is 12.2 Å². The number of rotatable bonds is 3. The monoisotopic (exact) mass is 262 g/mol. The van der Waals surface area contributed by atoms with Gasteiger partial charge in [0, 0.05) is 13.2 Å². The van der Waals surface area contributed by atoms with Crippen molar-refractivity contribution in [2.24, 2.45) is 0 Å². The summed E-state index contributed by atoms with van der Waals surface area (Å²) >= 11 is 0. The lowest BCUT2D eigenvalue weighted by Gasteiger charge is -2.18. The molecule has 0 bridgehead atoms. The average Bonchev–Trinajstić information content (AvgIpc) is 2.26. The summed E-state index contributed by atoms with van der Waals surface area (Å²) in [5.74, 6) is -2.16. The Balaban J connectivity index is 2.81. The molecule has 0 atom stereocenters. The van der Waals surface area contributed by atoms with Gasteiger partial charge in [-0.1, -0.05) is 0 Å². The number of hydrogen-bond acceptors (Lipinski definition) is 3. The number of alkyl halides is 3. The first kappa shape index (κ1) is 13.9. The molecule has 1 heterocycles. The predicted octanol–water partition coefficient (Wildman–Crippen LogP) is 1.41. The maximum atomic E-state index is 12.1. The van der Waals surface area contributed by atoms with Gasteiger partial charge in [-0.25, -0.2) is 4.79 Å². The third kappa shape index (κ3) is 3.72. The van der Waals surface area contributed by atoms with Gasteiger partial charge in [0.15, 0.2) is 0 Å². The largest absolute Gasteiger partial charge is 0.478 e. The Labute approximate surface area is 99.8 Å². The lowest BCUT2D eigenvalue weighted by Crippen LogP contribution is -2.36. The number of nitrogens with zero attached hydrogens (tertiary/aromatic N) is 2. The fraction of sp³-hybridized carbons (Fsp3) is 0.300. The Morgan fingerprint density at radius 2 is 2.00 bits per heavy atom. The molecule has 18 heavy (non-hydrogen) atoms. The molecular formula is C10H9F3N2O3. The Morgan fingerprint density at radius 1 is 1.39 bits per heavy atom. The molecule has 0 spiro atoms. The number of amides is 1. The molecule has 98 valence electrons. The Morgan fingerprint density at radius 3 is 2.39 bits per heavy atom. The van der Waals surface area contributed by atoms with E-state index in [1.165, 1.54) is 0 Å². The standard InChI is InChI=1S/C10H9F3N2O3/c1-15(5-10(11,12)13)8(16)7-3-2-6(4-14-7)9(17)18/h2-4H,5H2,1H3,(H,17,18). The van der Waals surface area contributed by atoms with E-state index in [9.17, 15) is 22.8 Å². The van der Waals surface area contributed by atoms with Crippen LogP contribution in [0.2, 0.25) is 0 Å². The van der Waals surface area contributed by atoms with E-state index in [-0.39, 0.29) is 11.3 Å². The highest BCUT2D eigenvalue weighted by Crippen LogP contribution is 2.16. The van der Waals surface area contributed by atoms with Crippen LogP contribution in [0.25, 0.3) is 0 Å². The smallest absolute Gasteiger partial charge is 0.406 e. The third-order valence-electron chi connectivity index (χ3n) is 1.99. The summed E-state index contributed by atoms with van der Waals surface area (Å²) in [6, 6.07) is 2.17. The van der Waals surface area contributed by atoms with Gasteiger partial charge in [0.25, 0.3) is 5.91 Å². The van der Waals surface area contributed by atoms with E-state index < -0.39 is 24.6 Å². The zero-order valence-electron chi connectivity index (χ0n) is 9.23. The molecule has 0 aliphatic carbocycles. The minimum atomic E-state index is -4.49. The summed E-state index contributed by atoms with van der Waals surface area (Å²) in [5.41, 5.74) is -0.392. The number of carboxylic acid groups (broad SMARTS) is 1. The van der Waals surface area contributed by atoms with Gasteiger partial charge in [-0.15, -0.1) is 0 Å². The number of hydrogen-bond donors (Lipinski definition) is 1. The number of carbonyl (C=O) groups is 2. The summed E-state index contributed by atoms with van der Waals surface area (Å²) < 4.78 is 36.2. The van der Waals surface area contributed by atoms with Gasteiger partial charge in [-0.2, -0.15) is 13.2 Å². The molecule has 5 nitrogen and oxygen atoms in total. The molecule has 0 fully saturated rings. The van der Waals surface area contributed by atoms with Gasteiger partial charge in [0.05, 0.1) is 5.56 Å². The van der Waals surface area contributed by atoms with Gasteiger partial charge in [-0.3, -0.25) is 9.78 Å².